The van der Waals surface area contributed by atoms with Gasteiger partial charge < -0.3 is 19.4 Å². The third-order valence-corrected chi connectivity index (χ3v) is 12.9. The van der Waals surface area contributed by atoms with Gasteiger partial charge in [-0.05, 0) is 41.7 Å². The van der Waals surface area contributed by atoms with E-state index in [4.69, 9.17) is 4.74 Å². The third-order valence-electron chi connectivity index (χ3n) is 7.73. The second kappa shape index (κ2) is 12.3. The standard InChI is InChI=1S/C30H34N4O7S3/c1-5-34(26-14-15-43(37,38)29-24(26)16-28(42-29)44(39,40)31-19-32(2)3)27(35)17-33(4)30(36)41-18-25-22-12-8-6-10-20(22)21-11-7-9-13-23(21)25/h6-13,16,19,25-26H,5,14-15,17-18H2,1-4H3/t26-/m0/s1. The van der Waals surface area contributed by atoms with Crippen LogP contribution in [0.15, 0.2) is 67.4 Å². The molecule has 0 bridgehead atoms. The predicted molar refractivity (Wildman–Crippen MR) is 168 cm³/mol. The van der Waals surface area contributed by atoms with Crippen molar-refractivity contribution in [1.82, 2.24) is 14.7 Å². The minimum atomic E-state index is -4.15. The van der Waals surface area contributed by atoms with Crippen LogP contribution in [0.1, 0.15) is 42.0 Å². The quantitative estimate of drug-likeness (QED) is 0.249. The van der Waals surface area contributed by atoms with Crippen LogP contribution in [0.5, 0.6) is 0 Å². The fourth-order valence-electron chi connectivity index (χ4n) is 5.65. The highest BCUT2D eigenvalue weighted by atomic mass is 32.3. The number of rotatable bonds is 9. The van der Waals surface area contributed by atoms with Gasteiger partial charge in [0.25, 0.3) is 10.0 Å². The van der Waals surface area contributed by atoms with E-state index in [1.807, 2.05) is 48.5 Å². The number of thiophene rings is 1. The maximum atomic E-state index is 13.5. The van der Waals surface area contributed by atoms with Crippen LogP contribution in [0.2, 0.25) is 0 Å². The van der Waals surface area contributed by atoms with Crippen LogP contribution < -0.4 is 0 Å². The molecule has 0 N–H and O–H groups in total. The molecule has 1 atom stereocenters. The molecule has 2 aliphatic rings. The Morgan fingerprint density at radius 2 is 1.64 bits per heavy atom. The van der Waals surface area contributed by atoms with E-state index >= 15 is 0 Å². The van der Waals surface area contributed by atoms with Gasteiger partial charge in [-0.15, -0.1) is 15.7 Å². The van der Waals surface area contributed by atoms with Crippen LogP contribution in [0.4, 0.5) is 4.79 Å². The molecule has 0 saturated heterocycles. The molecule has 0 spiro atoms. The molecule has 1 aliphatic carbocycles. The van der Waals surface area contributed by atoms with Crippen molar-refractivity contribution in [2.24, 2.45) is 4.40 Å². The monoisotopic (exact) mass is 658 g/mol. The number of fused-ring (bicyclic) bond motifs is 4. The average Bonchev–Trinajstić information content (AvgIpc) is 3.59. The Hall–Kier alpha value is -3.75. The second-order valence-electron chi connectivity index (χ2n) is 10.9. The van der Waals surface area contributed by atoms with E-state index in [1.165, 1.54) is 27.8 Å². The van der Waals surface area contributed by atoms with Crippen LogP contribution >= 0.6 is 11.3 Å². The van der Waals surface area contributed by atoms with Crippen molar-refractivity contribution in [1.29, 1.82) is 0 Å². The fraction of sp³-hybridized carbons (Fsp3) is 0.367. The Kier molecular flexibility index (Phi) is 8.87. The lowest BCUT2D eigenvalue weighted by molar-refractivity contribution is -0.134. The highest BCUT2D eigenvalue weighted by molar-refractivity contribution is 7.95. The Bertz CT molecular complexity index is 1790. The molecule has 44 heavy (non-hydrogen) atoms. The number of carbonyl (C=O) groups excluding carboxylic acids is 2. The SMILES string of the molecule is CCN(C(=O)CN(C)C(=O)OCC1c2ccccc2-c2ccccc21)[C@H]1CCS(=O)(=O)c2sc(S(=O)(=O)N=CN(C)C)cc21. The van der Waals surface area contributed by atoms with E-state index in [2.05, 4.69) is 4.40 Å². The molecule has 1 aromatic heterocycles. The summed E-state index contributed by atoms with van der Waals surface area (Å²) in [6.07, 6.45) is 0.563. The fourth-order valence-corrected chi connectivity index (χ4v) is 10.3. The molecule has 0 saturated carbocycles. The number of hydrogen-bond donors (Lipinski definition) is 0. The minimum Gasteiger partial charge on any atom is -0.448 e. The average molecular weight is 659 g/mol. The van der Waals surface area contributed by atoms with E-state index in [-0.39, 0.29) is 51.8 Å². The van der Waals surface area contributed by atoms with Gasteiger partial charge >= 0.3 is 6.09 Å². The summed E-state index contributed by atoms with van der Waals surface area (Å²) in [6.45, 7) is 1.78. The zero-order valence-electron chi connectivity index (χ0n) is 24.8. The Labute approximate surface area is 261 Å². The number of hydrogen-bond acceptors (Lipinski definition) is 8. The normalized spacial score (nSPS) is 17.0. The van der Waals surface area contributed by atoms with Gasteiger partial charge in [0.05, 0.1) is 11.8 Å². The number of amides is 2. The van der Waals surface area contributed by atoms with Crippen molar-refractivity contribution in [2.45, 2.75) is 33.7 Å². The zero-order chi connectivity index (χ0) is 31.8. The molecule has 0 fully saturated rings. The van der Waals surface area contributed by atoms with Crippen LogP contribution in [-0.4, -0.2) is 96.5 Å². The summed E-state index contributed by atoms with van der Waals surface area (Å²) < 4.78 is 60.4. The van der Waals surface area contributed by atoms with Gasteiger partial charge in [-0.25, -0.2) is 13.2 Å². The molecule has 14 heteroatoms. The van der Waals surface area contributed by atoms with Crippen molar-refractivity contribution < 1.29 is 31.2 Å². The summed E-state index contributed by atoms with van der Waals surface area (Å²) in [5.41, 5.74) is 4.61. The Morgan fingerprint density at radius 1 is 1.02 bits per heavy atom. The summed E-state index contributed by atoms with van der Waals surface area (Å²) in [5, 5.41) is 0. The molecule has 1 aliphatic heterocycles. The third kappa shape index (κ3) is 6.10. The lowest BCUT2D eigenvalue weighted by Crippen LogP contribution is -2.44. The number of sulfone groups is 1. The first-order valence-corrected chi connectivity index (χ1v) is 17.9. The summed E-state index contributed by atoms with van der Waals surface area (Å²) in [5.74, 6) is -0.784. The summed E-state index contributed by atoms with van der Waals surface area (Å²) in [7, 11) is -3.19. The van der Waals surface area contributed by atoms with E-state index in [0.29, 0.717) is 11.3 Å². The van der Waals surface area contributed by atoms with Crippen LogP contribution in [0.3, 0.4) is 0 Å². The maximum Gasteiger partial charge on any atom is 0.409 e. The highest BCUT2D eigenvalue weighted by Crippen LogP contribution is 2.45. The number of carbonyl (C=O) groups is 2. The zero-order valence-corrected chi connectivity index (χ0v) is 27.3. The van der Waals surface area contributed by atoms with Gasteiger partial charge in [0.15, 0.2) is 9.84 Å². The molecule has 234 valence electrons. The molecule has 5 rings (SSSR count). The van der Waals surface area contributed by atoms with Crippen molar-refractivity contribution in [3.8, 4) is 11.1 Å². The summed E-state index contributed by atoms with van der Waals surface area (Å²) >= 11 is 0.641. The van der Waals surface area contributed by atoms with Crippen molar-refractivity contribution in [2.75, 3.05) is 46.6 Å². The molecular weight excluding hydrogens is 625 g/mol. The van der Waals surface area contributed by atoms with E-state index < -0.39 is 37.9 Å². The second-order valence-corrected chi connectivity index (χ2v) is 16.1. The van der Waals surface area contributed by atoms with E-state index in [1.54, 1.807) is 21.0 Å². The molecule has 0 radical (unpaired) electrons. The van der Waals surface area contributed by atoms with Gasteiger partial charge in [-0.3, -0.25) is 4.79 Å². The number of ether oxygens (including phenoxy) is 1. The van der Waals surface area contributed by atoms with E-state index in [9.17, 15) is 26.4 Å². The van der Waals surface area contributed by atoms with Gasteiger partial charge in [-0.1, -0.05) is 48.5 Å². The minimum absolute atomic E-state index is 0.0801. The molecule has 2 amide bonds. The smallest absolute Gasteiger partial charge is 0.409 e. The first-order valence-electron chi connectivity index (χ1n) is 14.0. The number of sulfonamides is 1. The number of likely N-dealkylation sites (N-methyl/N-ethyl adjacent to an activating group) is 2. The van der Waals surface area contributed by atoms with Crippen molar-refractivity contribution >= 4 is 49.5 Å². The van der Waals surface area contributed by atoms with Crippen LogP contribution in [-0.2, 0) is 29.4 Å². The lowest BCUT2D eigenvalue weighted by Gasteiger charge is -2.34. The van der Waals surface area contributed by atoms with Crippen molar-refractivity contribution in [3.63, 3.8) is 0 Å². The van der Waals surface area contributed by atoms with Gasteiger partial charge in [0, 0.05) is 39.2 Å². The predicted octanol–water partition coefficient (Wildman–Crippen LogP) is 3.97. The summed E-state index contributed by atoms with van der Waals surface area (Å²) in [4.78, 5) is 30.7. The topological polar surface area (TPSA) is 134 Å². The molecule has 3 aromatic rings. The number of benzene rings is 2. The molecule has 2 aromatic carbocycles. The largest absolute Gasteiger partial charge is 0.448 e. The molecule has 2 heterocycles. The summed E-state index contributed by atoms with van der Waals surface area (Å²) in [6, 6.07) is 16.6. The Balaban J connectivity index is 1.30. The Morgan fingerprint density at radius 3 is 2.23 bits per heavy atom. The van der Waals surface area contributed by atoms with Gasteiger partial charge in [0.1, 0.15) is 27.9 Å². The first kappa shape index (κ1) is 31.7. The van der Waals surface area contributed by atoms with Crippen LogP contribution in [0.25, 0.3) is 11.1 Å². The molecule has 11 nitrogen and oxygen atoms in total. The highest BCUT2D eigenvalue weighted by Gasteiger charge is 2.39. The van der Waals surface area contributed by atoms with Crippen molar-refractivity contribution in [3.05, 3.63) is 71.3 Å². The first-order chi connectivity index (χ1) is 20.8. The lowest BCUT2D eigenvalue weighted by atomic mass is 9.98. The maximum absolute atomic E-state index is 13.5. The van der Waals surface area contributed by atoms with Gasteiger partial charge in [-0.2, -0.15) is 8.42 Å². The van der Waals surface area contributed by atoms with Gasteiger partial charge in [0.2, 0.25) is 5.91 Å². The van der Waals surface area contributed by atoms with Crippen LogP contribution in [0, 0.1) is 0 Å². The van der Waals surface area contributed by atoms with E-state index in [0.717, 1.165) is 28.6 Å². The molecule has 0 unspecified atom stereocenters. The number of nitrogens with zero attached hydrogens (tertiary/aromatic N) is 4. The molecular formula is C30H34N4O7S3.